The van der Waals surface area contributed by atoms with Crippen molar-refractivity contribution in [2.45, 2.75) is 32.7 Å². The minimum atomic E-state index is -0.299. The Morgan fingerprint density at radius 3 is 2.78 bits per heavy atom. The molecule has 0 aromatic heterocycles. The first-order chi connectivity index (χ1) is 15.4. The number of fused-ring (bicyclic) bond motifs is 4. The molecule has 5 rings (SSSR count). The molecule has 2 aliphatic rings. The van der Waals surface area contributed by atoms with Gasteiger partial charge >= 0.3 is 0 Å². The lowest BCUT2D eigenvalue weighted by Gasteiger charge is -2.40. The van der Waals surface area contributed by atoms with E-state index in [0.717, 1.165) is 38.9 Å². The molecular formula is C28H24BrNO2. The summed E-state index contributed by atoms with van der Waals surface area (Å²) < 4.78 is 6.81. The number of rotatable bonds is 3. The number of benzene rings is 3. The number of allylic oxidation sites excluding steroid dienone is 1. The molecule has 1 aliphatic heterocycles. The van der Waals surface area contributed by atoms with Crippen LogP contribution in [0.4, 0.5) is 5.69 Å². The number of anilines is 1. The molecule has 3 nitrogen and oxygen atoms in total. The molecule has 32 heavy (non-hydrogen) atoms. The van der Waals surface area contributed by atoms with Gasteiger partial charge in [0, 0.05) is 33.3 Å². The topological polar surface area (TPSA) is 38.3 Å². The van der Waals surface area contributed by atoms with Gasteiger partial charge in [-0.25, -0.2) is 0 Å². The van der Waals surface area contributed by atoms with E-state index in [-0.39, 0.29) is 23.8 Å². The predicted molar refractivity (Wildman–Crippen MR) is 134 cm³/mol. The first-order valence-electron chi connectivity index (χ1n) is 10.8. The van der Waals surface area contributed by atoms with Crippen LogP contribution in [0.15, 0.2) is 64.6 Å². The molecule has 3 aromatic rings. The summed E-state index contributed by atoms with van der Waals surface area (Å²) >= 11 is 3.59. The zero-order chi connectivity index (χ0) is 22.5. The minimum Gasteiger partial charge on any atom is -0.481 e. The van der Waals surface area contributed by atoms with Crippen molar-refractivity contribution in [1.29, 1.82) is 0 Å². The fourth-order valence-corrected chi connectivity index (χ4v) is 5.45. The van der Waals surface area contributed by atoms with Crippen molar-refractivity contribution < 1.29 is 9.53 Å². The van der Waals surface area contributed by atoms with Gasteiger partial charge in [0.05, 0.1) is 6.04 Å². The van der Waals surface area contributed by atoms with E-state index in [9.17, 15) is 4.79 Å². The van der Waals surface area contributed by atoms with Crippen LogP contribution in [-0.4, -0.2) is 12.4 Å². The SMILES string of the molecule is C#CCOc1ccc(Br)cc1[C@@H]1Nc2ccc3ccccc3c2C2=C1C(=O)CC(C)(C)C2. The van der Waals surface area contributed by atoms with Crippen LogP contribution < -0.4 is 10.1 Å². The highest BCUT2D eigenvalue weighted by molar-refractivity contribution is 9.10. The van der Waals surface area contributed by atoms with Crippen molar-refractivity contribution in [3.05, 3.63) is 75.8 Å². The summed E-state index contributed by atoms with van der Waals surface area (Å²) in [7, 11) is 0. The molecule has 160 valence electrons. The first kappa shape index (κ1) is 20.8. The van der Waals surface area contributed by atoms with Crippen molar-refractivity contribution >= 4 is 43.7 Å². The molecule has 0 radical (unpaired) electrons. The number of ketones is 1. The second-order valence-electron chi connectivity index (χ2n) is 9.29. The Kier molecular flexibility index (Phi) is 5.10. The molecule has 0 saturated carbocycles. The van der Waals surface area contributed by atoms with Crippen molar-refractivity contribution in [2.24, 2.45) is 5.41 Å². The maximum atomic E-state index is 13.6. The first-order valence-corrected chi connectivity index (χ1v) is 11.6. The molecule has 3 aromatic carbocycles. The Bertz CT molecular complexity index is 1330. The highest BCUT2D eigenvalue weighted by Gasteiger charge is 2.41. The predicted octanol–water partition coefficient (Wildman–Crippen LogP) is 6.92. The number of halogens is 1. The Labute approximate surface area is 197 Å². The average Bonchev–Trinajstić information content (AvgIpc) is 2.76. The number of Topliss-reactive ketones (excluding diaryl/α,β-unsaturated/α-hetero) is 1. The van der Waals surface area contributed by atoms with Gasteiger partial charge in [-0.1, -0.05) is 66.0 Å². The zero-order valence-electron chi connectivity index (χ0n) is 18.2. The Hall–Kier alpha value is -3.03. The quantitative estimate of drug-likeness (QED) is 0.409. The van der Waals surface area contributed by atoms with E-state index in [4.69, 9.17) is 11.2 Å². The summed E-state index contributed by atoms with van der Waals surface area (Å²) in [5, 5.41) is 6.02. The van der Waals surface area contributed by atoms with Gasteiger partial charge in [0.25, 0.3) is 0 Å². The maximum Gasteiger partial charge on any atom is 0.162 e. The average molecular weight is 486 g/mol. The lowest BCUT2D eigenvalue weighted by atomic mass is 9.68. The van der Waals surface area contributed by atoms with Crippen LogP contribution in [-0.2, 0) is 4.79 Å². The largest absolute Gasteiger partial charge is 0.481 e. The third-order valence-electron chi connectivity index (χ3n) is 6.33. The second-order valence-corrected chi connectivity index (χ2v) is 10.2. The summed E-state index contributed by atoms with van der Waals surface area (Å²) in [6, 6.07) is 18.2. The Morgan fingerprint density at radius 2 is 1.97 bits per heavy atom. The van der Waals surface area contributed by atoms with Crippen LogP contribution in [0, 0.1) is 17.8 Å². The summed E-state index contributed by atoms with van der Waals surface area (Å²) in [5.41, 5.74) is 5.00. The van der Waals surface area contributed by atoms with Crippen molar-refractivity contribution in [3.8, 4) is 18.1 Å². The van der Waals surface area contributed by atoms with Crippen LogP contribution in [0.1, 0.15) is 43.9 Å². The highest BCUT2D eigenvalue weighted by Crippen LogP contribution is 2.53. The fraction of sp³-hybridized carbons (Fsp3) is 0.250. The zero-order valence-corrected chi connectivity index (χ0v) is 19.8. The Morgan fingerprint density at radius 1 is 1.16 bits per heavy atom. The molecule has 0 amide bonds. The van der Waals surface area contributed by atoms with E-state index in [1.165, 1.54) is 10.8 Å². The summed E-state index contributed by atoms with van der Waals surface area (Å²) in [5.74, 6) is 3.42. The van der Waals surface area contributed by atoms with E-state index in [1.807, 2.05) is 18.2 Å². The van der Waals surface area contributed by atoms with Gasteiger partial charge in [-0.3, -0.25) is 4.79 Å². The van der Waals surface area contributed by atoms with E-state index >= 15 is 0 Å². The standard InChI is InChI=1S/C28H24BrNO2/c1-4-13-32-24-12-10-18(29)14-20(24)27-26-21(15-28(2,3)16-23(26)31)25-19-8-6-5-7-17(19)9-11-22(25)30-27/h1,5-12,14,27,30H,13,15-16H2,2-3H3/t27-/m0/s1. The third-order valence-corrected chi connectivity index (χ3v) is 6.83. The monoisotopic (exact) mass is 485 g/mol. The number of ether oxygens (including phenoxy) is 1. The number of hydrogen-bond donors (Lipinski definition) is 1. The van der Waals surface area contributed by atoms with Crippen LogP contribution in [0.3, 0.4) is 0 Å². The normalized spacial score (nSPS) is 19.1. The number of hydrogen-bond acceptors (Lipinski definition) is 3. The van der Waals surface area contributed by atoms with Crippen molar-refractivity contribution in [3.63, 3.8) is 0 Å². The van der Waals surface area contributed by atoms with Crippen molar-refractivity contribution in [2.75, 3.05) is 11.9 Å². The van der Waals surface area contributed by atoms with Gasteiger partial charge in [0.15, 0.2) is 5.78 Å². The molecule has 1 atom stereocenters. The highest BCUT2D eigenvalue weighted by atomic mass is 79.9. The summed E-state index contributed by atoms with van der Waals surface area (Å²) in [4.78, 5) is 13.6. The van der Waals surface area contributed by atoms with Crippen LogP contribution in [0.25, 0.3) is 16.3 Å². The minimum absolute atomic E-state index is 0.0912. The van der Waals surface area contributed by atoms with Crippen molar-refractivity contribution in [1.82, 2.24) is 0 Å². The van der Waals surface area contributed by atoms with E-state index in [1.54, 1.807) is 0 Å². The molecule has 0 saturated heterocycles. The van der Waals surface area contributed by atoms with Gasteiger partial charge in [-0.05, 0) is 52.4 Å². The molecule has 0 bridgehead atoms. The molecule has 4 heteroatoms. The van der Waals surface area contributed by atoms with Gasteiger partial charge in [0.1, 0.15) is 12.4 Å². The Balaban J connectivity index is 1.78. The van der Waals surface area contributed by atoms with E-state index in [2.05, 4.69) is 77.4 Å². The summed E-state index contributed by atoms with van der Waals surface area (Å²) in [6.45, 7) is 4.53. The lowest BCUT2D eigenvalue weighted by Crippen LogP contribution is -2.33. The van der Waals surface area contributed by atoms with Gasteiger partial charge < -0.3 is 10.1 Å². The van der Waals surface area contributed by atoms with E-state index < -0.39 is 0 Å². The number of carbonyl (C=O) groups is 1. The summed E-state index contributed by atoms with van der Waals surface area (Å²) in [6.07, 6.45) is 6.82. The van der Waals surface area contributed by atoms with Crippen LogP contribution in [0.5, 0.6) is 5.75 Å². The molecule has 0 fully saturated rings. The van der Waals surface area contributed by atoms with Crippen LogP contribution >= 0.6 is 15.9 Å². The van der Waals surface area contributed by atoms with E-state index in [0.29, 0.717) is 12.2 Å². The molecule has 1 N–H and O–H groups in total. The number of carbonyl (C=O) groups excluding carboxylic acids is 1. The van der Waals surface area contributed by atoms with Gasteiger partial charge in [-0.15, -0.1) is 6.42 Å². The molecule has 0 unspecified atom stereocenters. The molecule has 0 spiro atoms. The molecule has 1 aliphatic carbocycles. The lowest BCUT2D eigenvalue weighted by molar-refractivity contribution is -0.118. The number of nitrogens with one attached hydrogen (secondary N) is 1. The maximum absolute atomic E-state index is 13.6. The second kappa shape index (κ2) is 7.83. The molecular weight excluding hydrogens is 462 g/mol. The van der Waals surface area contributed by atoms with Gasteiger partial charge in [0.2, 0.25) is 0 Å². The van der Waals surface area contributed by atoms with Crippen LogP contribution in [0.2, 0.25) is 0 Å². The third kappa shape index (κ3) is 3.51. The fourth-order valence-electron chi connectivity index (χ4n) is 5.07. The smallest absolute Gasteiger partial charge is 0.162 e. The van der Waals surface area contributed by atoms with Gasteiger partial charge in [-0.2, -0.15) is 0 Å². The number of terminal acetylenes is 1. The molecule has 1 heterocycles.